The van der Waals surface area contributed by atoms with Gasteiger partial charge in [-0.25, -0.2) is 9.78 Å². The second kappa shape index (κ2) is 7.69. The van der Waals surface area contributed by atoms with Gasteiger partial charge in [0.1, 0.15) is 5.01 Å². The Hall–Kier alpha value is -2.03. The van der Waals surface area contributed by atoms with Crippen molar-refractivity contribution >= 4 is 45.9 Å². The highest BCUT2D eigenvalue weighted by Gasteiger charge is 2.21. The largest absolute Gasteiger partial charge is 0.448 e. The molecule has 0 aliphatic heterocycles. The Morgan fingerprint density at radius 2 is 2.00 bits per heavy atom. The van der Waals surface area contributed by atoms with E-state index in [1.807, 2.05) is 35.0 Å². The van der Waals surface area contributed by atoms with Gasteiger partial charge < -0.3 is 10.1 Å². The fourth-order valence-electron chi connectivity index (χ4n) is 1.89. The van der Waals surface area contributed by atoms with Gasteiger partial charge in [-0.15, -0.1) is 34.0 Å². The SMILES string of the molecule is C[C@H](OC(=O)c1csc(-c2cccs2)n1)C(=O)NCc1cccs1. The number of ether oxygens (including phenoxy) is 1. The molecule has 0 bridgehead atoms. The van der Waals surface area contributed by atoms with Gasteiger partial charge in [-0.1, -0.05) is 12.1 Å². The van der Waals surface area contributed by atoms with E-state index >= 15 is 0 Å². The molecule has 0 aromatic carbocycles. The number of hydrogen-bond acceptors (Lipinski definition) is 7. The Morgan fingerprint density at radius 3 is 2.71 bits per heavy atom. The fourth-order valence-corrected chi connectivity index (χ4v) is 4.13. The lowest BCUT2D eigenvalue weighted by Crippen LogP contribution is -2.35. The average molecular weight is 379 g/mol. The van der Waals surface area contributed by atoms with E-state index in [9.17, 15) is 9.59 Å². The Labute approximate surface area is 150 Å². The molecule has 3 rings (SSSR count). The summed E-state index contributed by atoms with van der Waals surface area (Å²) in [7, 11) is 0. The van der Waals surface area contributed by atoms with Gasteiger partial charge in [0.2, 0.25) is 0 Å². The molecule has 1 N–H and O–H groups in total. The third-order valence-electron chi connectivity index (χ3n) is 3.12. The maximum absolute atomic E-state index is 12.1. The molecule has 0 aliphatic rings. The van der Waals surface area contributed by atoms with Gasteiger partial charge in [-0.2, -0.15) is 0 Å². The minimum absolute atomic E-state index is 0.223. The molecule has 8 heteroatoms. The number of carbonyl (C=O) groups is 2. The number of nitrogens with one attached hydrogen (secondary N) is 1. The first-order valence-corrected chi connectivity index (χ1v) is 9.78. The molecule has 3 heterocycles. The van der Waals surface area contributed by atoms with Crippen LogP contribution in [0.4, 0.5) is 0 Å². The van der Waals surface area contributed by atoms with Crippen LogP contribution in [0.3, 0.4) is 0 Å². The molecule has 0 radical (unpaired) electrons. The van der Waals surface area contributed by atoms with Crippen molar-refractivity contribution in [2.75, 3.05) is 0 Å². The molecule has 1 atom stereocenters. The van der Waals surface area contributed by atoms with Gasteiger partial charge in [0, 0.05) is 10.3 Å². The van der Waals surface area contributed by atoms with Crippen LogP contribution < -0.4 is 5.32 Å². The van der Waals surface area contributed by atoms with Crippen LogP contribution in [0.1, 0.15) is 22.3 Å². The van der Waals surface area contributed by atoms with Crippen molar-refractivity contribution in [1.29, 1.82) is 0 Å². The predicted molar refractivity (Wildman–Crippen MR) is 96.5 cm³/mol. The summed E-state index contributed by atoms with van der Waals surface area (Å²) < 4.78 is 5.20. The van der Waals surface area contributed by atoms with Crippen molar-refractivity contribution in [3.8, 4) is 9.88 Å². The zero-order valence-electron chi connectivity index (χ0n) is 12.7. The maximum Gasteiger partial charge on any atom is 0.358 e. The summed E-state index contributed by atoms with van der Waals surface area (Å²) in [5.74, 6) is -0.918. The summed E-state index contributed by atoms with van der Waals surface area (Å²) in [5.41, 5.74) is 0.223. The Bertz CT molecular complexity index is 810. The smallest absolute Gasteiger partial charge is 0.358 e. The molecule has 5 nitrogen and oxygen atoms in total. The average Bonchev–Trinajstić information content (AvgIpc) is 3.34. The molecule has 3 aromatic rings. The highest BCUT2D eigenvalue weighted by atomic mass is 32.1. The lowest BCUT2D eigenvalue weighted by molar-refractivity contribution is -0.129. The Morgan fingerprint density at radius 1 is 1.21 bits per heavy atom. The highest BCUT2D eigenvalue weighted by Crippen LogP contribution is 2.28. The van der Waals surface area contributed by atoms with Gasteiger partial charge >= 0.3 is 5.97 Å². The molecule has 0 fully saturated rings. The Kier molecular flexibility index (Phi) is 5.39. The van der Waals surface area contributed by atoms with Crippen molar-refractivity contribution < 1.29 is 14.3 Å². The zero-order valence-corrected chi connectivity index (χ0v) is 15.2. The van der Waals surface area contributed by atoms with Crippen molar-refractivity contribution in [1.82, 2.24) is 10.3 Å². The van der Waals surface area contributed by atoms with E-state index in [1.54, 1.807) is 35.0 Å². The number of nitrogens with zero attached hydrogens (tertiary/aromatic N) is 1. The number of hydrogen-bond donors (Lipinski definition) is 1. The molecule has 0 unspecified atom stereocenters. The number of thiazole rings is 1. The van der Waals surface area contributed by atoms with Crippen LogP contribution in [0.25, 0.3) is 9.88 Å². The number of esters is 1. The first-order chi connectivity index (χ1) is 11.6. The topological polar surface area (TPSA) is 68.3 Å². The molecule has 1 amide bonds. The minimum atomic E-state index is -0.871. The summed E-state index contributed by atoms with van der Waals surface area (Å²) in [6, 6.07) is 7.73. The number of aromatic nitrogens is 1. The first-order valence-electron chi connectivity index (χ1n) is 7.14. The third kappa shape index (κ3) is 4.08. The van der Waals surface area contributed by atoms with Gasteiger partial charge in [-0.05, 0) is 29.8 Å². The van der Waals surface area contributed by atoms with Gasteiger partial charge in [-0.3, -0.25) is 4.79 Å². The predicted octanol–water partition coefficient (Wildman–Crippen LogP) is 3.79. The first kappa shape index (κ1) is 16.8. The number of thiophene rings is 2. The second-order valence-corrected chi connectivity index (χ2v) is 7.70. The standard InChI is InChI=1S/C16H14N2O3S3/c1-10(14(19)17-8-11-4-2-6-22-11)21-16(20)12-9-24-15(18-12)13-5-3-7-23-13/h2-7,9-10H,8H2,1H3,(H,17,19)/t10-/m0/s1. The summed E-state index contributed by atoms with van der Waals surface area (Å²) in [6.45, 7) is 1.98. The lowest BCUT2D eigenvalue weighted by Gasteiger charge is -2.12. The van der Waals surface area contributed by atoms with Crippen LogP contribution in [-0.4, -0.2) is 23.0 Å². The molecule has 0 spiro atoms. The molecule has 24 heavy (non-hydrogen) atoms. The number of amides is 1. The lowest BCUT2D eigenvalue weighted by atomic mass is 10.3. The van der Waals surface area contributed by atoms with Crippen molar-refractivity contribution in [3.63, 3.8) is 0 Å². The maximum atomic E-state index is 12.1. The number of rotatable bonds is 6. The van der Waals surface area contributed by atoms with Crippen molar-refractivity contribution in [2.45, 2.75) is 19.6 Å². The monoisotopic (exact) mass is 378 g/mol. The molecular formula is C16H14N2O3S3. The van der Waals surface area contributed by atoms with Crippen LogP contribution >= 0.6 is 34.0 Å². The van der Waals surface area contributed by atoms with Crippen LogP contribution in [0.5, 0.6) is 0 Å². The van der Waals surface area contributed by atoms with Crippen LogP contribution in [0, 0.1) is 0 Å². The highest BCUT2D eigenvalue weighted by molar-refractivity contribution is 7.20. The fraction of sp³-hybridized carbons (Fsp3) is 0.188. The van der Waals surface area contributed by atoms with E-state index < -0.39 is 12.1 Å². The van der Waals surface area contributed by atoms with E-state index in [1.165, 1.54) is 11.3 Å². The van der Waals surface area contributed by atoms with E-state index in [2.05, 4.69) is 10.3 Å². The summed E-state index contributed by atoms with van der Waals surface area (Å²) in [6.07, 6.45) is -0.871. The number of carbonyl (C=O) groups excluding carboxylic acids is 2. The second-order valence-electron chi connectivity index (χ2n) is 4.86. The zero-order chi connectivity index (χ0) is 16.9. The van der Waals surface area contributed by atoms with Gasteiger partial charge in [0.15, 0.2) is 11.8 Å². The van der Waals surface area contributed by atoms with Crippen LogP contribution in [0.15, 0.2) is 40.4 Å². The minimum Gasteiger partial charge on any atom is -0.448 e. The van der Waals surface area contributed by atoms with Crippen molar-refractivity contribution in [2.24, 2.45) is 0 Å². The van der Waals surface area contributed by atoms with E-state index in [0.717, 1.165) is 14.8 Å². The van der Waals surface area contributed by atoms with Gasteiger partial charge in [0.25, 0.3) is 5.91 Å². The van der Waals surface area contributed by atoms with E-state index in [-0.39, 0.29) is 11.6 Å². The van der Waals surface area contributed by atoms with Crippen LogP contribution in [0.2, 0.25) is 0 Å². The molecule has 0 saturated carbocycles. The van der Waals surface area contributed by atoms with Gasteiger partial charge in [0.05, 0.1) is 11.4 Å². The summed E-state index contributed by atoms with van der Waals surface area (Å²) in [4.78, 5) is 30.4. The normalized spacial score (nSPS) is 11.9. The third-order valence-corrected chi connectivity index (χ3v) is 5.87. The molecule has 3 aromatic heterocycles. The summed E-state index contributed by atoms with van der Waals surface area (Å²) >= 11 is 4.50. The summed E-state index contributed by atoms with van der Waals surface area (Å²) in [5, 5.41) is 9.06. The Balaban J connectivity index is 1.54. The van der Waals surface area contributed by atoms with Crippen LogP contribution in [-0.2, 0) is 16.1 Å². The van der Waals surface area contributed by atoms with E-state index in [4.69, 9.17) is 4.74 Å². The van der Waals surface area contributed by atoms with Crippen molar-refractivity contribution in [3.05, 3.63) is 51.0 Å². The quantitative estimate of drug-likeness (QED) is 0.663. The molecular weight excluding hydrogens is 364 g/mol. The molecule has 124 valence electrons. The van der Waals surface area contributed by atoms with E-state index in [0.29, 0.717) is 6.54 Å². The molecule has 0 aliphatic carbocycles. The molecule has 0 saturated heterocycles.